The van der Waals surface area contributed by atoms with E-state index in [1.165, 1.54) is 0 Å². The van der Waals surface area contributed by atoms with Crippen LogP contribution in [0, 0.1) is 0 Å². The van der Waals surface area contributed by atoms with Gasteiger partial charge in [0.05, 0.1) is 28.4 Å². The van der Waals surface area contributed by atoms with Gasteiger partial charge in [-0.05, 0) is 29.7 Å². The van der Waals surface area contributed by atoms with E-state index in [-0.39, 0.29) is 5.78 Å². The SMILES string of the molecule is COC1=CC2=C(C=CC1)c1c(cc(OC)c(OC)c1OC)CCC2=O. The van der Waals surface area contributed by atoms with Crippen LogP contribution in [0.2, 0.25) is 0 Å². The lowest BCUT2D eigenvalue weighted by Crippen LogP contribution is -2.02. The van der Waals surface area contributed by atoms with Crippen molar-refractivity contribution in [2.75, 3.05) is 28.4 Å². The van der Waals surface area contributed by atoms with Crippen molar-refractivity contribution in [3.8, 4) is 17.2 Å². The van der Waals surface area contributed by atoms with Crippen LogP contribution in [-0.2, 0) is 16.0 Å². The Kier molecular flexibility index (Phi) is 4.83. The highest BCUT2D eigenvalue weighted by molar-refractivity contribution is 6.09. The van der Waals surface area contributed by atoms with Crippen molar-refractivity contribution in [2.24, 2.45) is 0 Å². The van der Waals surface area contributed by atoms with Crippen LogP contribution in [0.3, 0.4) is 0 Å². The molecule has 0 bridgehead atoms. The molecule has 0 fully saturated rings. The Balaban J connectivity index is 2.36. The highest BCUT2D eigenvalue weighted by Gasteiger charge is 2.29. The summed E-state index contributed by atoms with van der Waals surface area (Å²) >= 11 is 0. The molecular formula is C20H22O5. The summed E-state index contributed by atoms with van der Waals surface area (Å²) in [6.07, 6.45) is 7.48. The van der Waals surface area contributed by atoms with Gasteiger partial charge in [0, 0.05) is 24.0 Å². The minimum atomic E-state index is 0.0901. The van der Waals surface area contributed by atoms with E-state index in [4.69, 9.17) is 18.9 Å². The lowest BCUT2D eigenvalue weighted by atomic mass is 9.94. The van der Waals surface area contributed by atoms with Crippen LogP contribution in [-0.4, -0.2) is 34.2 Å². The van der Waals surface area contributed by atoms with Crippen LogP contribution in [0.15, 0.2) is 35.6 Å². The number of fused-ring (bicyclic) bond motifs is 2. The quantitative estimate of drug-likeness (QED) is 0.839. The largest absolute Gasteiger partial charge is 0.501 e. The molecule has 0 aromatic heterocycles. The van der Waals surface area contributed by atoms with Crippen LogP contribution in [0.25, 0.3) is 5.57 Å². The van der Waals surface area contributed by atoms with Crippen LogP contribution in [0.4, 0.5) is 0 Å². The Morgan fingerprint density at radius 3 is 2.28 bits per heavy atom. The minimum Gasteiger partial charge on any atom is -0.501 e. The molecule has 0 radical (unpaired) electrons. The lowest BCUT2D eigenvalue weighted by molar-refractivity contribution is -0.115. The summed E-state index contributed by atoms with van der Waals surface area (Å²) in [6.45, 7) is 0. The molecule has 3 rings (SSSR count). The van der Waals surface area contributed by atoms with E-state index >= 15 is 0 Å². The fourth-order valence-electron chi connectivity index (χ4n) is 3.35. The third-order valence-corrected chi connectivity index (χ3v) is 4.56. The molecule has 0 saturated heterocycles. The molecule has 0 atom stereocenters. The zero-order valence-electron chi connectivity index (χ0n) is 15.0. The summed E-state index contributed by atoms with van der Waals surface area (Å²) in [5.41, 5.74) is 3.37. The molecule has 5 heteroatoms. The van der Waals surface area contributed by atoms with Crippen molar-refractivity contribution >= 4 is 11.4 Å². The molecule has 0 heterocycles. The first-order valence-electron chi connectivity index (χ1n) is 8.15. The molecule has 0 spiro atoms. The van der Waals surface area contributed by atoms with E-state index in [1.807, 2.05) is 24.3 Å². The molecule has 132 valence electrons. The molecule has 0 unspecified atom stereocenters. The monoisotopic (exact) mass is 342 g/mol. The predicted molar refractivity (Wildman–Crippen MR) is 95.2 cm³/mol. The summed E-state index contributed by atoms with van der Waals surface area (Å²) in [5, 5.41) is 0. The number of carbonyl (C=O) groups excluding carboxylic acids is 1. The molecular weight excluding hydrogens is 320 g/mol. The number of aryl methyl sites for hydroxylation is 1. The van der Waals surface area contributed by atoms with E-state index in [0.717, 1.165) is 22.5 Å². The molecule has 1 aromatic carbocycles. The van der Waals surface area contributed by atoms with Gasteiger partial charge in [0.1, 0.15) is 5.76 Å². The van der Waals surface area contributed by atoms with Crippen molar-refractivity contribution in [2.45, 2.75) is 19.3 Å². The molecule has 0 aliphatic heterocycles. The predicted octanol–water partition coefficient (Wildman–Crippen LogP) is 3.47. The van der Waals surface area contributed by atoms with Gasteiger partial charge in [-0.3, -0.25) is 4.79 Å². The van der Waals surface area contributed by atoms with Crippen molar-refractivity contribution < 1.29 is 23.7 Å². The molecule has 2 aliphatic carbocycles. The van der Waals surface area contributed by atoms with Gasteiger partial charge >= 0.3 is 0 Å². The number of hydrogen-bond acceptors (Lipinski definition) is 5. The average Bonchev–Trinajstić information content (AvgIpc) is 2.92. The Hall–Kier alpha value is -2.69. The van der Waals surface area contributed by atoms with Crippen LogP contribution < -0.4 is 14.2 Å². The molecule has 0 amide bonds. The summed E-state index contributed by atoms with van der Waals surface area (Å²) in [6, 6.07) is 1.93. The first-order chi connectivity index (χ1) is 12.1. The zero-order chi connectivity index (χ0) is 18.0. The number of carbonyl (C=O) groups is 1. The number of rotatable bonds is 4. The van der Waals surface area contributed by atoms with E-state index in [2.05, 4.69) is 0 Å². The second-order valence-electron chi connectivity index (χ2n) is 5.85. The van der Waals surface area contributed by atoms with Gasteiger partial charge in [-0.1, -0.05) is 12.2 Å². The first-order valence-corrected chi connectivity index (χ1v) is 8.15. The maximum absolute atomic E-state index is 12.7. The van der Waals surface area contributed by atoms with Crippen molar-refractivity contribution in [1.29, 1.82) is 0 Å². The Morgan fingerprint density at radius 2 is 1.64 bits per heavy atom. The molecule has 0 N–H and O–H groups in total. The third kappa shape index (κ3) is 2.90. The zero-order valence-corrected chi connectivity index (χ0v) is 15.0. The standard InChI is InChI=1S/C20H22O5/c1-22-13-6-5-7-14-15(11-13)16(21)9-8-12-10-17(23-2)19(24-3)20(25-4)18(12)14/h5,7,10-11H,6,8-9H2,1-4H3. The highest BCUT2D eigenvalue weighted by Crippen LogP contribution is 2.47. The summed E-state index contributed by atoms with van der Waals surface area (Å²) in [4.78, 5) is 12.7. The number of ether oxygens (including phenoxy) is 4. The van der Waals surface area contributed by atoms with Crippen LogP contribution in [0.5, 0.6) is 17.2 Å². The van der Waals surface area contributed by atoms with Gasteiger partial charge in [-0.2, -0.15) is 0 Å². The topological polar surface area (TPSA) is 54.0 Å². The molecule has 2 aliphatic rings. The molecule has 1 aromatic rings. The average molecular weight is 342 g/mol. The van der Waals surface area contributed by atoms with Crippen molar-refractivity contribution in [3.63, 3.8) is 0 Å². The lowest BCUT2D eigenvalue weighted by Gasteiger charge is -2.19. The van der Waals surface area contributed by atoms with Gasteiger partial charge in [-0.15, -0.1) is 0 Å². The number of Topliss-reactive ketones (excluding diaryl/α,β-unsaturated/α-hetero) is 1. The Bertz CT molecular complexity index is 799. The number of methoxy groups -OCH3 is 4. The second-order valence-corrected chi connectivity index (χ2v) is 5.85. The summed E-state index contributed by atoms with van der Waals surface area (Å²) in [5.74, 6) is 2.56. The van der Waals surface area contributed by atoms with Gasteiger partial charge in [0.2, 0.25) is 5.75 Å². The number of allylic oxidation sites excluding steroid dienone is 5. The fourth-order valence-corrected chi connectivity index (χ4v) is 3.35. The Morgan fingerprint density at radius 1 is 0.880 bits per heavy atom. The number of ketones is 1. The molecule has 25 heavy (non-hydrogen) atoms. The second kappa shape index (κ2) is 7.05. The van der Waals surface area contributed by atoms with Gasteiger partial charge < -0.3 is 18.9 Å². The smallest absolute Gasteiger partial charge is 0.203 e. The molecule has 0 saturated carbocycles. The normalized spacial score (nSPS) is 16.3. The molecule has 5 nitrogen and oxygen atoms in total. The summed E-state index contributed by atoms with van der Waals surface area (Å²) < 4.78 is 22.0. The maximum Gasteiger partial charge on any atom is 0.203 e. The van der Waals surface area contributed by atoms with E-state index in [0.29, 0.717) is 42.1 Å². The van der Waals surface area contributed by atoms with Gasteiger partial charge in [0.25, 0.3) is 0 Å². The van der Waals surface area contributed by atoms with Crippen molar-refractivity contribution in [3.05, 3.63) is 46.8 Å². The number of hydrogen-bond donors (Lipinski definition) is 0. The van der Waals surface area contributed by atoms with Gasteiger partial charge in [0.15, 0.2) is 17.3 Å². The van der Waals surface area contributed by atoms with Crippen LogP contribution >= 0.6 is 0 Å². The summed E-state index contributed by atoms with van der Waals surface area (Å²) in [7, 11) is 6.39. The van der Waals surface area contributed by atoms with Crippen molar-refractivity contribution in [1.82, 2.24) is 0 Å². The fraction of sp³-hybridized carbons (Fsp3) is 0.350. The van der Waals surface area contributed by atoms with E-state index in [1.54, 1.807) is 28.4 Å². The highest BCUT2D eigenvalue weighted by atomic mass is 16.5. The van der Waals surface area contributed by atoms with E-state index < -0.39 is 0 Å². The minimum absolute atomic E-state index is 0.0901. The van der Waals surface area contributed by atoms with E-state index in [9.17, 15) is 4.79 Å². The van der Waals surface area contributed by atoms with Gasteiger partial charge in [-0.25, -0.2) is 0 Å². The maximum atomic E-state index is 12.7. The Labute approximate surface area is 147 Å². The number of benzene rings is 1. The third-order valence-electron chi connectivity index (χ3n) is 4.56. The first kappa shape index (κ1) is 17.1. The van der Waals surface area contributed by atoms with Crippen LogP contribution in [0.1, 0.15) is 24.0 Å².